The average molecular weight is 327 g/mol. The van der Waals surface area contributed by atoms with Gasteiger partial charge in [-0.1, -0.05) is 18.7 Å². The normalized spacial score (nSPS) is 32.1. The molecular formula is C19H22FN3O. The molecule has 2 aliphatic rings. The topological polar surface area (TPSA) is 53.8 Å². The van der Waals surface area contributed by atoms with Crippen LogP contribution in [0.5, 0.6) is 0 Å². The maximum absolute atomic E-state index is 14.1. The predicted octanol–water partition coefficient (Wildman–Crippen LogP) is 4.11. The lowest BCUT2D eigenvalue weighted by Crippen LogP contribution is -2.51. The minimum absolute atomic E-state index is 0.00724. The molecule has 0 saturated heterocycles. The van der Waals surface area contributed by atoms with Crippen molar-refractivity contribution in [1.29, 1.82) is 0 Å². The fraction of sp³-hybridized carbons (Fsp3) is 0.421. The molecule has 1 heterocycles. The van der Waals surface area contributed by atoms with E-state index < -0.39 is 11.0 Å². The van der Waals surface area contributed by atoms with Crippen LogP contribution in [-0.2, 0) is 4.79 Å². The number of rotatable bonds is 2. The number of azo groups is 1. The van der Waals surface area contributed by atoms with E-state index in [1.807, 2.05) is 13.8 Å². The van der Waals surface area contributed by atoms with Gasteiger partial charge in [0, 0.05) is 18.5 Å². The summed E-state index contributed by atoms with van der Waals surface area (Å²) in [4.78, 5) is 12.5. The number of benzene rings is 1. The quantitative estimate of drug-likeness (QED) is 0.873. The molecule has 1 saturated carbocycles. The highest BCUT2D eigenvalue weighted by molar-refractivity contribution is 5.84. The van der Waals surface area contributed by atoms with Gasteiger partial charge in [0.1, 0.15) is 11.4 Å². The Hall–Kier alpha value is -2.30. The third-order valence-corrected chi connectivity index (χ3v) is 5.74. The van der Waals surface area contributed by atoms with Crippen molar-refractivity contribution in [3.63, 3.8) is 0 Å². The summed E-state index contributed by atoms with van der Waals surface area (Å²) in [6, 6.07) is 6.48. The van der Waals surface area contributed by atoms with Crippen molar-refractivity contribution < 1.29 is 9.18 Å². The minimum Gasteiger partial charge on any atom is -0.359 e. The number of fused-ring (bicyclic) bond motifs is 1. The molecule has 1 aromatic carbocycles. The molecule has 0 aromatic heterocycles. The van der Waals surface area contributed by atoms with Crippen LogP contribution < -0.4 is 5.32 Å². The van der Waals surface area contributed by atoms with E-state index in [9.17, 15) is 9.18 Å². The number of nitrogens with zero attached hydrogens (tertiary/aromatic N) is 2. The lowest BCUT2D eigenvalue weighted by Gasteiger charge is -2.38. The van der Waals surface area contributed by atoms with Crippen molar-refractivity contribution in [2.75, 3.05) is 7.05 Å². The average Bonchev–Trinajstić information content (AvgIpc) is 2.76. The van der Waals surface area contributed by atoms with Gasteiger partial charge in [-0.25, -0.2) is 4.39 Å². The smallest absolute Gasteiger partial charge is 0.228 e. The van der Waals surface area contributed by atoms with Crippen LogP contribution in [0, 0.1) is 17.2 Å². The Bertz CT molecular complexity index is 770. The first-order valence-electron chi connectivity index (χ1n) is 8.14. The maximum Gasteiger partial charge on any atom is 0.228 e. The Morgan fingerprint density at radius 3 is 2.75 bits per heavy atom. The first-order chi connectivity index (χ1) is 11.3. The van der Waals surface area contributed by atoms with E-state index in [1.54, 1.807) is 31.3 Å². The van der Waals surface area contributed by atoms with Gasteiger partial charge in [-0.3, -0.25) is 4.79 Å². The van der Waals surface area contributed by atoms with Crippen molar-refractivity contribution in [1.82, 2.24) is 5.32 Å². The Morgan fingerprint density at radius 2 is 2.08 bits per heavy atom. The SMILES string of the molecule is C=C1C=C(c2ccccc2F)N=NC2(C)[C@H]1CCC2(C)C(=O)NC. The van der Waals surface area contributed by atoms with Crippen LogP contribution in [0.1, 0.15) is 32.3 Å². The summed E-state index contributed by atoms with van der Waals surface area (Å²) in [7, 11) is 1.63. The van der Waals surface area contributed by atoms with E-state index in [-0.39, 0.29) is 17.6 Å². The summed E-state index contributed by atoms with van der Waals surface area (Å²) in [5.74, 6) is -0.386. The molecule has 1 aromatic rings. The van der Waals surface area contributed by atoms with E-state index in [2.05, 4.69) is 22.1 Å². The van der Waals surface area contributed by atoms with Crippen LogP contribution in [-0.4, -0.2) is 18.5 Å². The molecule has 1 amide bonds. The first kappa shape index (κ1) is 16.6. The van der Waals surface area contributed by atoms with Crippen LogP contribution >= 0.6 is 0 Å². The maximum atomic E-state index is 14.1. The molecular weight excluding hydrogens is 305 g/mol. The van der Waals surface area contributed by atoms with Gasteiger partial charge >= 0.3 is 0 Å². The second-order valence-electron chi connectivity index (χ2n) is 6.93. The van der Waals surface area contributed by atoms with Gasteiger partial charge in [0.05, 0.1) is 11.1 Å². The van der Waals surface area contributed by atoms with E-state index in [0.717, 1.165) is 18.4 Å². The van der Waals surface area contributed by atoms with Gasteiger partial charge in [0.2, 0.25) is 5.91 Å². The standard InChI is InChI=1S/C19H22FN3O/c1-12-11-16(13-7-5-6-8-15(13)20)22-23-19(3)14(12)9-10-18(19,2)17(24)21-4/h5-8,11,14H,1,9-10H2,2-4H3,(H,21,24)/t14-,18?,19?/m0/s1. The van der Waals surface area contributed by atoms with Gasteiger partial charge < -0.3 is 5.32 Å². The summed E-state index contributed by atoms with van der Waals surface area (Å²) >= 11 is 0. The Balaban J connectivity index is 2.08. The molecule has 4 nitrogen and oxygen atoms in total. The third-order valence-electron chi connectivity index (χ3n) is 5.74. The zero-order chi connectivity index (χ0) is 17.5. The largest absolute Gasteiger partial charge is 0.359 e. The summed E-state index contributed by atoms with van der Waals surface area (Å²) < 4.78 is 14.1. The van der Waals surface area contributed by atoms with Crippen LogP contribution in [0.3, 0.4) is 0 Å². The monoisotopic (exact) mass is 327 g/mol. The van der Waals surface area contributed by atoms with Crippen molar-refractivity contribution in [3.8, 4) is 0 Å². The molecule has 24 heavy (non-hydrogen) atoms. The molecule has 0 bridgehead atoms. The number of carbonyl (C=O) groups excluding carboxylic acids is 1. The van der Waals surface area contributed by atoms with Gasteiger partial charge in [0.25, 0.3) is 0 Å². The van der Waals surface area contributed by atoms with Crippen molar-refractivity contribution in [2.24, 2.45) is 21.6 Å². The second kappa shape index (κ2) is 5.65. The van der Waals surface area contributed by atoms with Crippen LogP contribution in [0.25, 0.3) is 5.70 Å². The number of amides is 1. The lowest BCUT2D eigenvalue weighted by atomic mass is 9.69. The predicted molar refractivity (Wildman–Crippen MR) is 91.7 cm³/mol. The molecule has 0 radical (unpaired) electrons. The molecule has 5 heteroatoms. The van der Waals surface area contributed by atoms with E-state index in [1.165, 1.54) is 6.07 Å². The van der Waals surface area contributed by atoms with Crippen LogP contribution in [0.15, 0.2) is 52.7 Å². The Kier molecular flexibility index (Phi) is 3.90. The molecule has 0 spiro atoms. The van der Waals surface area contributed by atoms with Gasteiger partial charge in [-0.2, -0.15) is 10.2 Å². The summed E-state index contributed by atoms with van der Waals surface area (Å²) in [5.41, 5.74) is 0.319. The molecule has 1 N–H and O–H groups in total. The first-order valence-corrected chi connectivity index (χ1v) is 8.14. The van der Waals surface area contributed by atoms with Crippen LogP contribution in [0.4, 0.5) is 4.39 Å². The van der Waals surface area contributed by atoms with E-state index in [4.69, 9.17) is 0 Å². The highest BCUT2D eigenvalue weighted by Crippen LogP contribution is 2.56. The highest BCUT2D eigenvalue weighted by Gasteiger charge is 2.60. The van der Waals surface area contributed by atoms with Crippen LogP contribution in [0.2, 0.25) is 0 Å². The van der Waals surface area contributed by atoms with Gasteiger partial charge in [0.15, 0.2) is 0 Å². The third kappa shape index (κ3) is 2.22. The molecule has 126 valence electrons. The van der Waals surface area contributed by atoms with Crippen molar-refractivity contribution in [3.05, 3.63) is 53.9 Å². The fourth-order valence-corrected chi connectivity index (χ4v) is 3.96. The molecule has 1 fully saturated rings. The van der Waals surface area contributed by atoms with E-state index >= 15 is 0 Å². The molecule has 2 unspecified atom stereocenters. The number of nitrogens with one attached hydrogen (secondary N) is 1. The molecule has 3 atom stereocenters. The van der Waals surface area contributed by atoms with Gasteiger partial charge in [-0.05, 0) is 50.5 Å². The highest BCUT2D eigenvalue weighted by atomic mass is 19.1. The summed E-state index contributed by atoms with van der Waals surface area (Å²) in [5, 5.41) is 11.6. The minimum atomic E-state index is -0.701. The fourth-order valence-electron chi connectivity index (χ4n) is 3.96. The number of hydrogen-bond donors (Lipinski definition) is 1. The lowest BCUT2D eigenvalue weighted by molar-refractivity contribution is -0.132. The number of halogens is 1. The molecule has 3 rings (SSSR count). The second-order valence-corrected chi connectivity index (χ2v) is 6.93. The molecule has 1 aliphatic heterocycles. The summed E-state index contributed by atoms with van der Waals surface area (Å²) in [6.45, 7) is 8.04. The van der Waals surface area contributed by atoms with Crippen molar-refractivity contribution in [2.45, 2.75) is 32.2 Å². The zero-order valence-corrected chi connectivity index (χ0v) is 14.3. The van der Waals surface area contributed by atoms with Gasteiger partial charge in [-0.15, -0.1) is 0 Å². The number of hydrogen-bond acceptors (Lipinski definition) is 3. The van der Waals surface area contributed by atoms with Crippen molar-refractivity contribution >= 4 is 11.6 Å². The van der Waals surface area contributed by atoms with E-state index in [0.29, 0.717) is 11.3 Å². The Labute approximate surface area is 141 Å². The number of allylic oxidation sites excluding steroid dienone is 1. The Morgan fingerprint density at radius 1 is 1.38 bits per heavy atom. The summed E-state index contributed by atoms with van der Waals surface area (Å²) in [6.07, 6.45) is 3.32. The number of carbonyl (C=O) groups is 1. The zero-order valence-electron chi connectivity index (χ0n) is 14.3. The molecule has 1 aliphatic carbocycles.